The third kappa shape index (κ3) is 8.72. The van der Waals surface area contributed by atoms with E-state index < -0.39 is 17.2 Å². The number of rotatable bonds is 9. The third-order valence-electron chi connectivity index (χ3n) is 5.10. The Morgan fingerprint density at radius 3 is 2.41 bits per heavy atom. The topological polar surface area (TPSA) is 102 Å². The fourth-order valence-corrected chi connectivity index (χ4v) is 4.58. The molecule has 10 heteroatoms. The van der Waals surface area contributed by atoms with Crippen molar-refractivity contribution in [3.8, 4) is 16.9 Å². The number of anilines is 1. The lowest BCUT2D eigenvalue weighted by Gasteiger charge is -2.33. The molecule has 0 spiro atoms. The zero-order chi connectivity index (χ0) is 27.2. The van der Waals surface area contributed by atoms with Crippen LogP contribution in [0.3, 0.4) is 0 Å². The van der Waals surface area contributed by atoms with Crippen LogP contribution in [0.15, 0.2) is 48.1 Å². The maximum Gasteiger partial charge on any atom is 0.408 e. The van der Waals surface area contributed by atoms with E-state index in [0.29, 0.717) is 33.9 Å². The first-order valence-electron chi connectivity index (χ1n) is 11.9. The van der Waals surface area contributed by atoms with Crippen LogP contribution in [0.4, 0.5) is 10.6 Å². The van der Waals surface area contributed by atoms with Gasteiger partial charge in [-0.2, -0.15) is 0 Å². The highest BCUT2D eigenvalue weighted by atomic mass is 35.5. The first-order valence-corrected chi connectivity index (χ1v) is 13.2. The molecule has 198 valence electrons. The van der Waals surface area contributed by atoms with Gasteiger partial charge in [-0.15, -0.1) is 11.3 Å². The summed E-state index contributed by atoms with van der Waals surface area (Å²) in [5, 5.41) is 8.25. The molecule has 0 aliphatic heterocycles. The molecule has 0 bridgehead atoms. The number of aromatic nitrogens is 2. The van der Waals surface area contributed by atoms with Gasteiger partial charge in [0.15, 0.2) is 5.01 Å². The summed E-state index contributed by atoms with van der Waals surface area (Å²) in [5.74, 6) is 0.911. The van der Waals surface area contributed by atoms with Crippen molar-refractivity contribution in [1.82, 2.24) is 15.3 Å². The lowest BCUT2D eigenvalue weighted by Crippen LogP contribution is -2.52. The van der Waals surface area contributed by atoms with Gasteiger partial charge in [0, 0.05) is 17.8 Å². The monoisotopic (exact) mass is 544 g/mol. The fourth-order valence-electron chi connectivity index (χ4n) is 3.82. The highest BCUT2D eigenvalue weighted by molar-refractivity contribution is 7.11. The van der Waals surface area contributed by atoms with Crippen molar-refractivity contribution in [2.24, 2.45) is 5.92 Å². The van der Waals surface area contributed by atoms with E-state index in [0.717, 1.165) is 11.1 Å². The van der Waals surface area contributed by atoms with Crippen LogP contribution in [-0.2, 0) is 4.74 Å². The van der Waals surface area contributed by atoms with E-state index >= 15 is 0 Å². The number of halogens is 1. The van der Waals surface area contributed by atoms with Crippen LogP contribution in [0.25, 0.3) is 11.1 Å². The van der Waals surface area contributed by atoms with Crippen LogP contribution in [0.1, 0.15) is 57.8 Å². The van der Waals surface area contributed by atoms with Gasteiger partial charge < -0.3 is 20.1 Å². The molecule has 0 aliphatic rings. The Balaban J connectivity index is 1.71. The Morgan fingerprint density at radius 2 is 1.78 bits per heavy atom. The molecule has 1 atom stereocenters. The van der Waals surface area contributed by atoms with Crippen molar-refractivity contribution in [3.63, 3.8) is 0 Å². The van der Waals surface area contributed by atoms with Crippen LogP contribution in [0.2, 0.25) is 5.02 Å². The number of hydrogen-bond donors (Lipinski definition) is 2. The number of amides is 2. The second kappa shape index (κ2) is 11.9. The lowest BCUT2D eigenvalue weighted by atomic mass is 9.91. The molecule has 0 saturated carbocycles. The van der Waals surface area contributed by atoms with Crippen LogP contribution in [0, 0.1) is 5.92 Å². The molecule has 0 saturated heterocycles. The molecule has 0 aliphatic carbocycles. The Morgan fingerprint density at radius 1 is 1.05 bits per heavy atom. The first-order chi connectivity index (χ1) is 17.3. The summed E-state index contributed by atoms with van der Waals surface area (Å²) >= 11 is 7.83. The van der Waals surface area contributed by atoms with Crippen molar-refractivity contribution in [3.05, 3.63) is 58.1 Å². The van der Waals surface area contributed by atoms with E-state index in [1.165, 1.54) is 11.3 Å². The summed E-state index contributed by atoms with van der Waals surface area (Å²) < 4.78 is 11.5. The zero-order valence-corrected chi connectivity index (χ0v) is 23.5. The van der Waals surface area contributed by atoms with Crippen LogP contribution < -0.4 is 15.4 Å². The van der Waals surface area contributed by atoms with Gasteiger partial charge in [0.25, 0.3) is 5.91 Å². The van der Waals surface area contributed by atoms with Gasteiger partial charge in [-0.3, -0.25) is 4.79 Å². The smallest absolute Gasteiger partial charge is 0.408 e. The van der Waals surface area contributed by atoms with E-state index in [2.05, 4.69) is 34.4 Å². The Kier molecular flexibility index (Phi) is 9.15. The summed E-state index contributed by atoms with van der Waals surface area (Å²) in [6.45, 7) is 11.8. The maximum atomic E-state index is 12.4. The van der Waals surface area contributed by atoms with E-state index in [1.54, 1.807) is 36.0 Å². The van der Waals surface area contributed by atoms with E-state index in [1.807, 2.05) is 39.8 Å². The van der Waals surface area contributed by atoms with Crippen molar-refractivity contribution >= 4 is 40.8 Å². The predicted octanol–water partition coefficient (Wildman–Crippen LogP) is 6.82. The average Bonchev–Trinajstić information content (AvgIpc) is 3.31. The van der Waals surface area contributed by atoms with Gasteiger partial charge in [0.05, 0.1) is 10.6 Å². The second-order valence-electron chi connectivity index (χ2n) is 10.4. The molecule has 1 aromatic carbocycles. The minimum absolute atomic E-state index is 0.214. The van der Waals surface area contributed by atoms with E-state index in [9.17, 15) is 9.59 Å². The number of carbonyl (C=O) groups excluding carboxylic acids is 2. The number of hydrogen-bond acceptors (Lipinski definition) is 7. The largest absolute Gasteiger partial charge is 0.490 e. The molecule has 2 amide bonds. The molecule has 3 rings (SSSR count). The molecule has 37 heavy (non-hydrogen) atoms. The molecule has 0 unspecified atom stereocenters. The summed E-state index contributed by atoms with van der Waals surface area (Å²) in [7, 11) is 0. The number of thiazole rings is 1. The number of ether oxygens (including phenoxy) is 2. The quantitative estimate of drug-likeness (QED) is 0.306. The van der Waals surface area contributed by atoms with Gasteiger partial charge in [0.2, 0.25) is 0 Å². The highest BCUT2D eigenvalue weighted by Crippen LogP contribution is 2.32. The number of nitrogens with zero attached hydrogens (tertiary/aromatic N) is 2. The molecular formula is C27H33ClN4O4S. The molecule has 2 heterocycles. The number of benzene rings is 1. The molecule has 2 aromatic heterocycles. The summed E-state index contributed by atoms with van der Waals surface area (Å²) in [6, 6.07) is 9.05. The molecular weight excluding hydrogens is 512 g/mol. The van der Waals surface area contributed by atoms with Gasteiger partial charge in [0.1, 0.15) is 23.8 Å². The van der Waals surface area contributed by atoms with Crippen LogP contribution in [-0.4, -0.2) is 39.7 Å². The maximum absolute atomic E-state index is 12.4. The van der Waals surface area contributed by atoms with Gasteiger partial charge in [-0.25, -0.2) is 14.8 Å². The summed E-state index contributed by atoms with van der Waals surface area (Å²) in [5.41, 5.74) is 0.406. The van der Waals surface area contributed by atoms with Crippen LogP contribution >= 0.6 is 22.9 Å². The van der Waals surface area contributed by atoms with Gasteiger partial charge >= 0.3 is 6.09 Å². The van der Waals surface area contributed by atoms with Crippen molar-refractivity contribution in [1.29, 1.82) is 0 Å². The first kappa shape index (κ1) is 28.4. The van der Waals surface area contributed by atoms with Crippen molar-refractivity contribution in [2.45, 2.75) is 59.1 Å². The van der Waals surface area contributed by atoms with E-state index in [4.69, 9.17) is 21.1 Å². The minimum atomic E-state index is -0.659. The third-order valence-corrected chi connectivity index (χ3v) is 6.17. The molecule has 0 fully saturated rings. The highest BCUT2D eigenvalue weighted by Gasteiger charge is 2.31. The number of carbonyl (C=O) groups is 2. The molecule has 0 radical (unpaired) electrons. The molecule has 3 aromatic rings. The van der Waals surface area contributed by atoms with Gasteiger partial charge in [-0.1, -0.05) is 31.5 Å². The average molecular weight is 545 g/mol. The van der Waals surface area contributed by atoms with Gasteiger partial charge in [-0.05, 0) is 75.4 Å². The Hall–Kier alpha value is -3.17. The minimum Gasteiger partial charge on any atom is -0.490 e. The zero-order valence-electron chi connectivity index (χ0n) is 21.9. The molecule has 8 nitrogen and oxygen atoms in total. The number of alkyl carbamates (subject to hydrolysis) is 1. The molecule has 2 N–H and O–H groups in total. The van der Waals surface area contributed by atoms with E-state index in [-0.39, 0.29) is 12.5 Å². The summed E-state index contributed by atoms with van der Waals surface area (Å²) in [6.07, 6.45) is 3.39. The number of nitrogens with one attached hydrogen (secondary N) is 2. The Bertz CT molecular complexity index is 1230. The normalized spacial score (nSPS) is 13.1. The fraction of sp³-hybridized carbons (Fsp3) is 0.407. The van der Waals surface area contributed by atoms with Crippen molar-refractivity contribution in [2.75, 3.05) is 11.9 Å². The SMILES string of the molecule is CC(C)C[C@@](C)(COc1ccc(-c2ccnc(NC(=O)c3nccs3)c2)cc1Cl)NC(=O)OC(C)(C)C. The predicted molar refractivity (Wildman–Crippen MR) is 147 cm³/mol. The Labute approximate surface area is 226 Å². The van der Waals surface area contributed by atoms with Crippen LogP contribution in [0.5, 0.6) is 5.75 Å². The second-order valence-corrected chi connectivity index (χ2v) is 11.7. The van der Waals surface area contributed by atoms with Crippen molar-refractivity contribution < 1.29 is 19.1 Å². The lowest BCUT2D eigenvalue weighted by molar-refractivity contribution is 0.0408. The summed E-state index contributed by atoms with van der Waals surface area (Å²) in [4.78, 5) is 33.0. The number of pyridine rings is 1. The standard InChI is InChI=1S/C27H33ClN4O4S/c1-17(2)15-27(6,32-25(34)36-26(3,4)5)16-35-21-8-7-18(13-20(21)28)19-9-10-29-22(14-19)31-23(33)24-30-11-12-37-24/h7-14,17H,15-16H2,1-6H3,(H,32,34)(H,29,31,33)/t27-/m0/s1.